The van der Waals surface area contributed by atoms with E-state index in [9.17, 15) is 4.79 Å². The summed E-state index contributed by atoms with van der Waals surface area (Å²) >= 11 is 0. The van der Waals surface area contributed by atoms with Crippen LogP contribution >= 0.6 is 0 Å². The molecule has 13 heavy (non-hydrogen) atoms. The maximum Gasteiger partial charge on any atom is 0.508 e. The summed E-state index contributed by atoms with van der Waals surface area (Å²) in [4.78, 5) is 11.0. The molecule has 0 aromatic heterocycles. The molecule has 2 saturated carbocycles. The minimum atomic E-state index is -0.486. The predicted molar refractivity (Wildman–Crippen MR) is 47.3 cm³/mol. The lowest BCUT2D eigenvalue weighted by molar-refractivity contribution is 0.00694. The highest BCUT2D eigenvalue weighted by molar-refractivity contribution is 5.60. The summed E-state index contributed by atoms with van der Waals surface area (Å²) < 4.78 is 9.97. The van der Waals surface area contributed by atoms with Gasteiger partial charge in [-0.3, -0.25) is 0 Å². The van der Waals surface area contributed by atoms with Gasteiger partial charge in [-0.25, -0.2) is 4.79 Å². The first-order valence-electron chi connectivity index (χ1n) is 5.13. The topological polar surface area (TPSA) is 35.5 Å². The van der Waals surface area contributed by atoms with Crippen LogP contribution in [0.15, 0.2) is 0 Å². The quantitative estimate of drug-likeness (QED) is 0.618. The van der Waals surface area contributed by atoms with E-state index in [2.05, 4.69) is 0 Å². The van der Waals surface area contributed by atoms with Crippen LogP contribution in [0, 0.1) is 11.8 Å². The Morgan fingerprint density at radius 3 is 2.77 bits per heavy atom. The molecular formula is C10H16O3. The molecule has 0 aromatic rings. The van der Waals surface area contributed by atoms with Crippen molar-refractivity contribution in [2.24, 2.45) is 11.8 Å². The first kappa shape index (κ1) is 8.85. The summed E-state index contributed by atoms with van der Waals surface area (Å²) in [5.41, 5.74) is 0. The Balaban J connectivity index is 1.79. The fourth-order valence-electron chi connectivity index (χ4n) is 2.61. The third-order valence-corrected chi connectivity index (χ3v) is 3.18. The van der Waals surface area contributed by atoms with Crippen molar-refractivity contribution < 1.29 is 14.3 Å². The summed E-state index contributed by atoms with van der Waals surface area (Å²) in [7, 11) is 0. The largest absolute Gasteiger partial charge is 0.508 e. The van der Waals surface area contributed by atoms with Crippen LogP contribution in [0.25, 0.3) is 0 Å². The lowest BCUT2D eigenvalue weighted by Crippen LogP contribution is -2.24. The van der Waals surface area contributed by atoms with E-state index in [1.807, 2.05) is 0 Å². The van der Waals surface area contributed by atoms with Crippen molar-refractivity contribution >= 4 is 6.16 Å². The number of hydrogen-bond acceptors (Lipinski definition) is 3. The predicted octanol–water partition coefficient (Wildman–Crippen LogP) is 2.35. The van der Waals surface area contributed by atoms with Gasteiger partial charge in [0.2, 0.25) is 0 Å². The molecule has 0 amide bonds. The lowest BCUT2D eigenvalue weighted by Gasteiger charge is -2.21. The highest BCUT2D eigenvalue weighted by atomic mass is 16.7. The van der Waals surface area contributed by atoms with Gasteiger partial charge in [-0.1, -0.05) is 0 Å². The maximum absolute atomic E-state index is 11.0. The minimum Gasteiger partial charge on any atom is -0.435 e. The van der Waals surface area contributed by atoms with E-state index < -0.39 is 6.16 Å². The number of rotatable bonds is 2. The SMILES string of the molecule is CCOC(=O)O[C@@H]1CC2CCC1C2. The third-order valence-electron chi connectivity index (χ3n) is 3.18. The zero-order valence-corrected chi connectivity index (χ0v) is 7.99. The molecule has 2 rings (SSSR count). The molecule has 0 spiro atoms. The van der Waals surface area contributed by atoms with E-state index >= 15 is 0 Å². The highest BCUT2D eigenvalue weighted by Crippen LogP contribution is 2.45. The fourth-order valence-corrected chi connectivity index (χ4v) is 2.61. The van der Waals surface area contributed by atoms with Gasteiger partial charge in [0.1, 0.15) is 6.10 Å². The van der Waals surface area contributed by atoms with Gasteiger partial charge in [0.25, 0.3) is 0 Å². The Hall–Kier alpha value is -0.730. The molecule has 74 valence electrons. The van der Waals surface area contributed by atoms with Gasteiger partial charge < -0.3 is 9.47 Å². The minimum absolute atomic E-state index is 0.151. The molecule has 0 aliphatic heterocycles. The average Bonchev–Trinajstić information content (AvgIpc) is 2.65. The molecular weight excluding hydrogens is 168 g/mol. The Labute approximate surface area is 78.4 Å². The van der Waals surface area contributed by atoms with Crippen LogP contribution in [-0.2, 0) is 9.47 Å². The standard InChI is InChI=1S/C10H16O3/c1-2-12-10(11)13-9-6-7-3-4-8(9)5-7/h7-9H,2-6H2,1H3/t7?,8?,9-/m1/s1. The maximum atomic E-state index is 11.0. The van der Waals surface area contributed by atoms with Gasteiger partial charge in [-0.05, 0) is 44.4 Å². The van der Waals surface area contributed by atoms with E-state index in [4.69, 9.17) is 9.47 Å². The van der Waals surface area contributed by atoms with Gasteiger partial charge in [-0.2, -0.15) is 0 Å². The Morgan fingerprint density at radius 1 is 1.38 bits per heavy atom. The lowest BCUT2D eigenvalue weighted by atomic mass is 9.98. The molecule has 0 saturated heterocycles. The second kappa shape index (κ2) is 3.56. The van der Waals surface area contributed by atoms with Crippen LogP contribution in [0.4, 0.5) is 4.79 Å². The Bertz CT molecular complexity index is 202. The summed E-state index contributed by atoms with van der Waals surface area (Å²) in [6.07, 6.45) is 4.54. The van der Waals surface area contributed by atoms with Crippen molar-refractivity contribution in [1.82, 2.24) is 0 Å². The molecule has 3 nitrogen and oxygen atoms in total. The zero-order chi connectivity index (χ0) is 9.26. The van der Waals surface area contributed by atoms with Crippen LogP contribution in [0.2, 0.25) is 0 Å². The number of ether oxygens (including phenoxy) is 2. The molecule has 0 heterocycles. The fraction of sp³-hybridized carbons (Fsp3) is 0.900. The first-order valence-corrected chi connectivity index (χ1v) is 5.13. The smallest absolute Gasteiger partial charge is 0.435 e. The molecule has 2 unspecified atom stereocenters. The average molecular weight is 184 g/mol. The van der Waals surface area contributed by atoms with Gasteiger partial charge in [0.15, 0.2) is 0 Å². The number of carbonyl (C=O) groups excluding carboxylic acids is 1. The van der Waals surface area contributed by atoms with Crippen molar-refractivity contribution in [3.63, 3.8) is 0 Å². The summed E-state index contributed by atoms with van der Waals surface area (Å²) in [6, 6.07) is 0. The Morgan fingerprint density at radius 2 is 2.23 bits per heavy atom. The van der Waals surface area contributed by atoms with Crippen LogP contribution in [0.5, 0.6) is 0 Å². The third kappa shape index (κ3) is 1.79. The number of fused-ring (bicyclic) bond motifs is 2. The van der Waals surface area contributed by atoms with E-state index in [0.717, 1.165) is 12.3 Å². The zero-order valence-electron chi connectivity index (χ0n) is 7.99. The van der Waals surface area contributed by atoms with Crippen LogP contribution < -0.4 is 0 Å². The van der Waals surface area contributed by atoms with Gasteiger partial charge in [0.05, 0.1) is 6.61 Å². The van der Waals surface area contributed by atoms with Crippen molar-refractivity contribution in [3.8, 4) is 0 Å². The first-order chi connectivity index (χ1) is 6.29. The number of carbonyl (C=O) groups is 1. The molecule has 2 aliphatic rings. The monoisotopic (exact) mass is 184 g/mol. The van der Waals surface area contributed by atoms with Crippen LogP contribution in [-0.4, -0.2) is 18.9 Å². The molecule has 3 atom stereocenters. The van der Waals surface area contributed by atoms with Crippen LogP contribution in [0.3, 0.4) is 0 Å². The van der Waals surface area contributed by atoms with Crippen molar-refractivity contribution in [2.45, 2.75) is 38.7 Å². The second-order valence-corrected chi connectivity index (χ2v) is 4.01. The number of hydrogen-bond donors (Lipinski definition) is 0. The van der Waals surface area contributed by atoms with Crippen molar-refractivity contribution in [2.75, 3.05) is 6.61 Å². The van der Waals surface area contributed by atoms with E-state index in [0.29, 0.717) is 12.5 Å². The second-order valence-electron chi connectivity index (χ2n) is 4.01. The van der Waals surface area contributed by atoms with Gasteiger partial charge >= 0.3 is 6.16 Å². The normalized spacial score (nSPS) is 36.2. The molecule has 0 N–H and O–H groups in total. The summed E-state index contributed by atoms with van der Waals surface area (Å²) in [5, 5.41) is 0. The molecule has 3 heteroatoms. The summed E-state index contributed by atoms with van der Waals surface area (Å²) in [6.45, 7) is 2.20. The van der Waals surface area contributed by atoms with E-state index in [-0.39, 0.29) is 6.10 Å². The van der Waals surface area contributed by atoms with Crippen molar-refractivity contribution in [3.05, 3.63) is 0 Å². The van der Waals surface area contributed by atoms with Gasteiger partial charge in [0, 0.05) is 0 Å². The van der Waals surface area contributed by atoms with E-state index in [1.165, 1.54) is 19.3 Å². The van der Waals surface area contributed by atoms with Crippen molar-refractivity contribution in [1.29, 1.82) is 0 Å². The van der Waals surface area contributed by atoms with E-state index in [1.54, 1.807) is 6.92 Å². The molecule has 2 aliphatic carbocycles. The molecule has 2 bridgehead atoms. The molecule has 0 radical (unpaired) electrons. The highest BCUT2D eigenvalue weighted by Gasteiger charge is 2.41. The van der Waals surface area contributed by atoms with Gasteiger partial charge in [-0.15, -0.1) is 0 Å². The molecule has 0 aromatic carbocycles. The Kier molecular flexibility index (Phi) is 2.42. The molecule has 2 fully saturated rings. The summed E-state index contributed by atoms with van der Waals surface area (Å²) in [5.74, 6) is 1.43. The van der Waals surface area contributed by atoms with Crippen LogP contribution in [0.1, 0.15) is 32.6 Å².